The van der Waals surface area contributed by atoms with Crippen molar-refractivity contribution < 1.29 is 4.92 Å². The molecule has 0 aliphatic rings. The van der Waals surface area contributed by atoms with Gasteiger partial charge in [-0.15, -0.1) is 0 Å². The van der Waals surface area contributed by atoms with Crippen molar-refractivity contribution in [2.24, 2.45) is 0 Å². The lowest BCUT2D eigenvalue weighted by molar-refractivity contribution is -0.385. The van der Waals surface area contributed by atoms with E-state index in [0.29, 0.717) is 31.5 Å². The summed E-state index contributed by atoms with van der Waals surface area (Å²) in [6.45, 7) is 1.50. The minimum atomic E-state index is -0.577. The van der Waals surface area contributed by atoms with Crippen molar-refractivity contribution >= 4 is 75.2 Å². The van der Waals surface area contributed by atoms with Gasteiger partial charge in [0.05, 0.1) is 26.3 Å². The Morgan fingerprint density at radius 2 is 1.43 bits per heavy atom. The number of benzene rings is 2. The Bertz CT molecular complexity index is 1080. The summed E-state index contributed by atoms with van der Waals surface area (Å²) >= 11 is 24.3. The third kappa shape index (κ3) is 4.56. The van der Waals surface area contributed by atoms with E-state index in [1.807, 2.05) is 0 Å². The minimum absolute atomic E-state index is 0.0534. The molecular formula is C17H11Cl4N5O2. The molecule has 7 nitrogen and oxygen atoms in total. The lowest BCUT2D eigenvalue weighted by Crippen LogP contribution is -2.07. The average molecular weight is 459 g/mol. The lowest BCUT2D eigenvalue weighted by Gasteiger charge is -2.13. The normalized spacial score (nSPS) is 10.6. The quantitative estimate of drug-likeness (QED) is 0.322. The van der Waals surface area contributed by atoms with Crippen molar-refractivity contribution in [3.8, 4) is 0 Å². The Morgan fingerprint density at radius 1 is 0.893 bits per heavy atom. The van der Waals surface area contributed by atoms with E-state index in [0.717, 1.165) is 0 Å². The molecule has 0 fully saturated rings. The highest BCUT2D eigenvalue weighted by Crippen LogP contribution is 2.34. The van der Waals surface area contributed by atoms with E-state index in [9.17, 15) is 10.1 Å². The molecule has 0 saturated carbocycles. The van der Waals surface area contributed by atoms with E-state index in [1.165, 1.54) is 13.0 Å². The van der Waals surface area contributed by atoms with Crippen molar-refractivity contribution in [3.63, 3.8) is 0 Å². The summed E-state index contributed by atoms with van der Waals surface area (Å²) in [7, 11) is 0. The first-order valence-electron chi connectivity index (χ1n) is 7.72. The average Bonchev–Trinajstić information content (AvgIpc) is 2.60. The molecule has 0 radical (unpaired) electrons. The molecule has 2 N–H and O–H groups in total. The van der Waals surface area contributed by atoms with Gasteiger partial charge in [-0.25, -0.2) is 4.98 Å². The number of hydrogen-bond acceptors (Lipinski definition) is 6. The molecule has 0 saturated heterocycles. The molecule has 3 rings (SSSR count). The Labute approximate surface area is 179 Å². The number of nitrogens with zero attached hydrogens (tertiary/aromatic N) is 3. The van der Waals surface area contributed by atoms with Gasteiger partial charge in [-0.3, -0.25) is 10.1 Å². The zero-order valence-corrected chi connectivity index (χ0v) is 17.2. The number of hydrogen-bond donors (Lipinski definition) is 2. The fourth-order valence-corrected chi connectivity index (χ4v) is 3.04. The van der Waals surface area contributed by atoms with Gasteiger partial charge in [-0.05, 0) is 43.3 Å². The molecular weight excluding hydrogens is 448 g/mol. The third-order valence-corrected chi connectivity index (χ3v) is 4.73. The van der Waals surface area contributed by atoms with Gasteiger partial charge in [-0.1, -0.05) is 46.4 Å². The van der Waals surface area contributed by atoms with Crippen LogP contribution in [-0.2, 0) is 0 Å². The van der Waals surface area contributed by atoms with Crippen molar-refractivity contribution in [1.82, 2.24) is 9.97 Å². The number of nitrogens with one attached hydrogen (secondary N) is 2. The summed E-state index contributed by atoms with van der Waals surface area (Å²) in [5.41, 5.74) is 0.663. The highest BCUT2D eigenvalue weighted by molar-refractivity contribution is 6.36. The van der Waals surface area contributed by atoms with Crippen LogP contribution < -0.4 is 10.6 Å². The summed E-state index contributed by atoms with van der Waals surface area (Å²) in [5.74, 6) is 0.0373. The maximum atomic E-state index is 11.5. The van der Waals surface area contributed by atoms with Gasteiger partial charge in [-0.2, -0.15) is 4.98 Å². The first-order chi connectivity index (χ1) is 13.2. The van der Waals surface area contributed by atoms with E-state index < -0.39 is 4.92 Å². The maximum absolute atomic E-state index is 11.5. The Hall–Kier alpha value is -2.32. The van der Waals surface area contributed by atoms with E-state index >= 15 is 0 Å². The van der Waals surface area contributed by atoms with Crippen molar-refractivity contribution in [2.45, 2.75) is 6.92 Å². The van der Waals surface area contributed by atoms with Crippen LogP contribution >= 0.6 is 46.4 Å². The van der Waals surface area contributed by atoms with Gasteiger partial charge in [0.1, 0.15) is 5.69 Å². The molecule has 144 valence electrons. The van der Waals surface area contributed by atoms with Crippen LogP contribution in [0.5, 0.6) is 0 Å². The van der Waals surface area contributed by atoms with Crippen molar-refractivity contribution in [3.05, 3.63) is 72.3 Å². The molecule has 1 heterocycles. The smallest absolute Gasteiger partial charge is 0.332 e. The molecule has 0 spiro atoms. The second-order valence-corrected chi connectivity index (χ2v) is 7.27. The summed E-state index contributed by atoms with van der Waals surface area (Å²) in [4.78, 5) is 19.3. The van der Waals surface area contributed by atoms with E-state index in [2.05, 4.69) is 20.6 Å². The monoisotopic (exact) mass is 457 g/mol. The second-order valence-electron chi connectivity index (χ2n) is 5.59. The van der Waals surface area contributed by atoms with Gasteiger partial charge in [0.25, 0.3) is 0 Å². The number of aryl methyl sites for hydroxylation is 1. The molecule has 0 bridgehead atoms. The number of rotatable bonds is 5. The summed E-state index contributed by atoms with van der Waals surface area (Å²) < 4.78 is 0. The summed E-state index contributed by atoms with van der Waals surface area (Å²) in [5, 5.41) is 18.8. The largest absolute Gasteiger partial charge is 0.333 e. The SMILES string of the molecule is Cc1nc(Nc2cc(Cl)ccc2Cl)nc(Nc2cc(Cl)ccc2Cl)c1[N+](=O)[O-]. The topological polar surface area (TPSA) is 93.0 Å². The zero-order valence-electron chi connectivity index (χ0n) is 14.1. The van der Waals surface area contributed by atoms with Gasteiger partial charge in [0, 0.05) is 10.0 Å². The third-order valence-electron chi connectivity index (χ3n) is 3.60. The predicted octanol–water partition coefficient (Wildman–Crippen LogP) is 6.79. The van der Waals surface area contributed by atoms with Gasteiger partial charge in [0.15, 0.2) is 0 Å². The van der Waals surface area contributed by atoms with Crippen LogP contribution in [0.25, 0.3) is 0 Å². The molecule has 11 heteroatoms. The van der Waals surface area contributed by atoms with Gasteiger partial charge in [0.2, 0.25) is 11.8 Å². The predicted molar refractivity (Wildman–Crippen MR) is 113 cm³/mol. The van der Waals surface area contributed by atoms with Crippen LogP contribution in [0.15, 0.2) is 36.4 Å². The van der Waals surface area contributed by atoms with E-state index in [-0.39, 0.29) is 23.1 Å². The number of aromatic nitrogens is 2. The summed E-state index contributed by atoms with van der Waals surface area (Å²) in [6, 6.07) is 9.53. The molecule has 28 heavy (non-hydrogen) atoms. The van der Waals surface area contributed by atoms with Gasteiger partial charge >= 0.3 is 5.69 Å². The minimum Gasteiger partial charge on any atom is -0.333 e. The first-order valence-corrected chi connectivity index (χ1v) is 9.23. The molecule has 3 aromatic rings. The number of halogens is 4. The standard InChI is InChI=1S/C17H11Cl4N5O2/c1-8-15(26(27)28)16(23-13-6-9(18)2-4-11(13)20)25-17(22-8)24-14-7-10(19)3-5-12(14)21/h2-7H,1H3,(H2,22,23,24,25). The highest BCUT2D eigenvalue weighted by Gasteiger charge is 2.23. The molecule has 0 unspecified atom stereocenters. The maximum Gasteiger partial charge on any atom is 0.332 e. The molecule has 0 atom stereocenters. The Kier molecular flexibility index (Phi) is 6.10. The van der Waals surface area contributed by atoms with E-state index in [1.54, 1.807) is 30.3 Å². The van der Waals surface area contributed by atoms with Gasteiger partial charge < -0.3 is 10.6 Å². The second kappa shape index (κ2) is 8.36. The Balaban J connectivity index is 2.06. The van der Waals surface area contributed by atoms with Crippen LogP contribution in [0.4, 0.5) is 28.8 Å². The van der Waals surface area contributed by atoms with Crippen molar-refractivity contribution in [2.75, 3.05) is 10.6 Å². The first kappa shape index (κ1) is 20.4. The molecule has 2 aromatic carbocycles. The van der Waals surface area contributed by atoms with Crippen LogP contribution in [-0.4, -0.2) is 14.9 Å². The van der Waals surface area contributed by atoms with Crippen LogP contribution in [0.2, 0.25) is 20.1 Å². The number of anilines is 4. The van der Waals surface area contributed by atoms with Crippen molar-refractivity contribution in [1.29, 1.82) is 0 Å². The Morgan fingerprint density at radius 3 is 1.96 bits per heavy atom. The molecule has 0 aliphatic heterocycles. The fraction of sp³-hybridized carbons (Fsp3) is 0.0588. The zero-order chi connectivity index (χ0) is 20.4. The van der Waals surface area contributed by atoms with Crippen LogP contribution in [0, 0.1) is 17.0 Å². The highest BCUT2D eigenvalue weighted by atomic mass is 35.5. The molecule has 0 aliphatic carbocycles. The van der Waals surface area contributed by atoms with Crippen LogP contribution in [0.1, 0.15) is 5.69 Å². The van der Waals surface area contributed by atoms with E-state index in [4.69, 9.17) is 46.4 Å². The van der Waals surface area contributed by atoms with Crippen LogP contribution in [0.3, 0.4) is 0 Å². The lowest BCUT2D eigenvalue weighted by atomic mass is 10.3. The number of nitro groups is 1. The fourth-order valence-electron chi connectivity index (χ4n) is 2.36. The molecule has 0 amide bonds. The molecule has 1 aromatic heterocycles. The summed E-state index contributed by atoms with van der Waals surface area (Å²) in [6.07, 6.45) is 0.